The summed E-state index contributed by atoms with van der Waals surface area (Å²) in [6, 6.07) is 7.11. The molecule has 0 spiro atoms. The number of halogens is 1. The van der Waals surface area contributed by atoms with E-state index >= 15 is 0 Å². The summed E-state index contributed by atoms with van der Waals surface area (Å²) >= 11 is 5.81. The molecule has 1 aliphatic rings. The fraction of sp³-hybridized carbons (Fsp3) is 0.500. The van der Waals surface area contributed by atoms with Crippen LogP contribution in [0.3, 0.4) is 0 Å². The van der Waals surface area contributed by atoms with Gasteiger partial charge in [-0.2, -0.15) is 0 Å². The Balaban J connectivity index is 1.89. The third-order valence-corrected chi connectivity index (χ3v) is 4.11. The zero-order chi connectivity index (χ0) is 13.9. The third-order valence-electron chi connectivity index (χ3n) is 3.85. The molecule has 2 N–H and O–H groups in total. The summed E-state index contributed by atoms with van der Waals surface area (Å²) in [6.07, 6.45) is 1.94. The molecule has 1 saturated heterocycles. The Morgan fingerprint density at radius 2 is 1.84 bits per heavy atom. The molecule has 0 atom stereocenters. The van der Waals surface area contributed by atoms with E-state index in [2.05, 4.69) is 17.6 Å². The highest BCUT2D eigenvalue weighted by atomic mass is 35.5. The van der Waals surface area contributed by atoms with Crippen LogP contribution in [0.15, 0.2) is 24.3 Å². The lowest BCUT2D eigenvalue weighted by atomic mass is 9.90. The highest BCUT2D eigenvalue weighted by molar-refractivity contribution is 6.30. The third kappa shape index (κ3) is 3.61. The van der Waals surface area contributed by atoms with Crippen molar-refractivity contribution in [3.63, 3.8) is 0 Å². The maximum atomic E-state index is 12.1. The Hall–Kier alpha value is -1.26. The van der Waals surface area contributed by atoms with Crippen molar-refractivity contribution < 1.29 is 4.79 Å². The molecule has 0 unspecified atom stereocenters. The fourth-order valence-corrected chi connectivity index (χ4v) is 2.32. The van der Waals surface area contributed by atoms with E-state index in [0.717, 1.165) is 31.6 Å². The second-order valence-electron chi connectivity index (χ2n) is 5.23. The lowest BCUT2D eigenvalue weighted by Crippen LogP contribution is -2.52. The summed E-state index contributed by atoms with van der Waals surface area (Å²) in [5.74, 6) is 0. The van der Waals surface area contributed by atoms with Gasteiger partial charge in [-0.05, 0) is 51.1 Å². The van der Waals surface area contributed by atoms with Crippen molar-refractivity contribution in [3.8, 4) is 0 Å². The topological polar surface area (TPSA) is 44.4 Å². The van der Waals surface area contributed by atoms with Gasteiger partial charge in [-0.1, -0.05) is 11.6 Å². The molecule has 1 heterocycles. The van der Waals surface area contributed by atoms with E-state index in [9.17, 15) is 4.79 Å². The molecular weight excluding hydrogens is 262 g/mol. The van der Waals surface area contributed by atoms with Crippen molar-refractivity contribution in [1.82, 2.24) is 10.2 Å². The van der Waals surface area contributed by atoms with Crippen molar-refractivity contribution in [2.24, 2.45) is 0 Å². The van der Waals surface area contributed by atoms with Crippen LogP contribution >= 0.6 is 11.6 Å². The summed E-state index contributed by atoms with van der Waals surface area (Å²) in [4.78, 5) is 14.0. The molecule has 1 aromatic carbocycles. The number of anilines is 1. The van der Waals surface area contributed by atoms with Gasteiger partial charge >= 0.3 is 6.03 Å². The van der Waals surface area contributed by atoms with E-state index in [1.807, 2.05) is 24.1 Å². The number of likely N-dealkylation sites (tertiary alicyclic amines) is 1. The van der Waals surface area contributed by atoms with Crippen molar-refractivity contribution in [1.29, 1.82) is 0 Å². The lowest BCUT2D eigenvalue weighted by Gasteiger charge is -2.39. The van der Waals surface area contributed by atoms with Gasteiger partial charge in [0.15, 0.2) is 0 Å². The van der Waals surface area contributed by atoms with Crippen LogP contribution in [0.4, 0.5) is 10.5 Å². The van der Waals surface area contributed by atoms with Crippen LogP contribution in [0.1, 0.15) is 19.8 Å². The van der Waals surface area contributed by atoms with Gasteiger partial charge in [-0.15, -0.1) is 0 Å². The Bertz CT molecular complexity index is 439. The summed E-state index contributed by atoms with van der Waals surface area (Å²) in [7, 11) is 1.98. The number of hydrogen-bond donors (Lipinski definition) is 2. The van der Waals surface area contributed by atoms with E-state index < -0.39 is 0 Å². The van der Waals surface area contributed by atoms with Crippen LogP contribution in [0, 0.1) is 0 Å². The SMILES string of the molecule is CNC1(C)CCN(C(=O)Nc2ccc(Cl)cc2)CC1. The minimum Gasteiger partial charge on any atom is -0.324 e. The first-order valence-corrected chi connectivity index (χ1v) is 6.91. The van der Waals surface area contributed by atoms with Crippen molar-refractivity contribution in [2.45, 2.75) is 25.3 Å². The minimum atomic E-state index is -0.0412. The second-order valence-corrected chi connectivity index (χ2v) is 5.67. The highest BCUT2D eigenvalue weighted by Gasteiger charge is 2.30. The average Bonchev–Trinajstić information content (AvgIpc) is 2.42. The van der Waals surface area contributed by atoms with Gasteiger partial charge in [-0.3, -0.25) is 0 Å². The van der Waals surface area contributed by atoms with Crippen LogP contribution in [-0.4, -0.2) is 36.6 Å². The maximum Gasteiger partial charge on any atom is 0.321 e. The summed E-state index contributed by atoms with van der Waals surface area (Å²) in [6.45, 7) is 3.75. The van der Waals surface area contributed by atoms with Gasteiger partial charge in [0.05, 0.1) is 0 Å². The molecule has 1 fully saturated rings. The number of nitrogens with zero attached hydrogens (tertiary/aromatic N) is 1. The molecule has 1 aromatic rings. The zero-order valence-corrected chi connectivity index (χ0v) is 12.1. The Labute approximate surface area is 119 Å². The fourth-order valence-electron chi connectivity index (χ4n) is 2.19. The number of amides is 2. The van der Waals surface area contributed by atoms with Gasteiger partial charge in [-0.25, -0.2) is 4.79 Å². The monoisotopic (exact) mass is 281 g/mol. The maximum absolute atomic E-state index is 12.1. The van der Waals surface area contributed by atoms with Gasteiger partial charge in [0.1, 0.15) is 0 Å². The van der Waals surface area contributed by atoms with Crippen molar-refractivity contribution in [3.05, 3.63) is 29.3 Å². The van der Waals surface area contributed by atoms with Crippen molar-refractivity contribution in [2.75, 3.05) is 25.5 Å². The van der Waals surface area contributed by atoms with E-state index in [4.69, 9.17) is 11.6 Å². The number of hydrogen-bond acceptors (Lipinski definition) is 2. The molecule has 5 heteroatoms. The van der Waals surface area contributed by atoms with Crippen LogP contribution in [0.2, 0.25) is 5.02 Å². The Morgan fingerprint density at radius 1 is 1.26 bits per heavy atom. The standard InChI is InChI=1S/C14H20ClN3O/c1-14(16-2)7-9-18(10-8-14)13(19)17-12-5-3-11(15)4-6-12/h3-6,16H,7-10H2,1-2H3,(H,17,19). The lowest BCUT2D eigenvalue weighted by molar-refractivity contribution is 0.163. The summed E-state index contributed by atoms with van der Waals surface area (Å²) in [5, 5.41) is 6.88. The first kappa shape index (κ1) is 14.2. The second kappa shape index (κ2) is 5.80. The van der Waals surface area contributed by atoms with Crippen LogP contribution in [-0.2, 0) is 0 Å². The zero-order valence-electron chi connectivity index (χ0n) is 11.4. The molecule has 0 aromatic heterocycles. The number of benzene rings is 1. The Morgan fingerprint density at radius 3 is 2.37 bits per heavy atom. The average molecular weight is 282 g/mol. The van der Waals surface area contributed by atoms with Crippen LogP contribution in [0.5, 0.6) is 0 Å². The summed E-state index contributed by atoms with van der Waals surface area (Å²) < 4.78 is 0. The van der Waals surface area contributed by atoms with E-state index in [-0.39, 0.29) is 11.6 Å². The molecule has 19 heavy (non-hydrogen) atoms. The van der Waals surface area contributed by atoms with E-state index in [0.29, 0.717) is 5.02 Å². The number of carbonyl (C=O) groups excluding carboxylic acids is 1. The first-order valence-electron chi connectivity index (χ1n) is 6.53. The van der Waals surface area contributed by atoms with Gasteiger partial charge in [0.2, 0.25) is 0 Å². The van der Waals surface area contributed by atoms with Crippen LogP contribution in [0.25, 0.3) is 0 Å². The van der Waals surface area contributed by atoms with Gasteiger partial charge in [0.25, 0.3) is 0 Å². The molecule has 104 valence electrons. The number of nitrogens with one attached hydrogen (secondary N) is 2. The van der Waals surface area contributed by atoms with E-state index in [1.165, 1.54) is 0 Å². The molecule has 2 rings (SSSR count). The summed E-state index contributed by atoms with van der Waals surface area (Å²) in [5.41, 5.74) is 0.924. The molecule has 0 radical (unpaired) electrons. The molecule has 0 bridgehead atoms. The quantitative estimate of drug-likeness (QED) is 0.875. The molecule has 0 aliphatic carbocycles. The number of rotatable bonds is 2. The largest absolute Gasteiger partial charge is 0.324 e. The molecule has 0 saturated carbocycles. The van der Waals surface area contributed by atoms with Crippen molar-refractivity contribution >= 4 is 23.3 Å². The number of carbonyl (C=O) groups is 1. The highest BCUT2D eigenvalue weighted by Crippen LogP contribution is 2.22. The predicted molar refractivity (Wildman–Crippen MR) is 78.7 cm³/mol. The molecule has 2 amide bonds. The predicted octanol–water partition coefficient (Wildman–Crippen LogP) is 2.95. The molecule has 4 nitrogen and oxygen atoms in total. The minimum absolute atomic E-state index is 0.0412. The van der Waals surface area contributed by atoms with Gasteiger partial charge < -0.3 is 15.5 Å². The van der Waals surface area contributed by atoms with Gasteiger partial charge in [0, 0.05) is 29.3 Å². The first-order chi connectivity index (χ1) is 9.02. The normalized spacial score (nSPS) is 18.2. The Kier molecular flexibility index (Phi) is 4.32. The number of piperidine rings is 1. The smallest absolute Gasteiger partial charge is 0.321 e. The molecule has 1 aliphatic heterocycles. The molecular formula is C14H20ClN3O. The number of urea groups is 1. The van der Waals surface area contributed by atoms with Crippen LogP contribution < -0.4 is 10.6 Å². The van der Waals surface area contributed by atoms with E-state index in [1.54, 1.807) is 12.1 Å².